The normalized spacial score (nSPS) is 27.8. The van der Waals surface area contributed by atoms with Gasteiger partial charge in [0.25, 0.3) is 0 Å². The third-order valence-corrected chi connectivity index (χ3v) is 2.94. The molecule has 1 heteroatoms. The highest BCUT2D eigenvalue weighted by atomic mass is 16.1. The van der Waals surface area contributed by atoms with E-state index in [1.165, 1.54) is 12.8 Å². The van der Waals surface area contributed by atoms with Crippen LogP contribution in [0.15, 0.2) is 12.2 Å². The molecular weight excluding hydrogens is 160 g/mol. The molecule has 74 valence electrons. The van der Waals surface area contributed by atoms with Crippen molar-refractivity contribution in [2.24, 2.45) is 11.3 Å². The molecule has 0 spiro atoms. The summed E-state index contributed by atoms with van der Waals surface area (Å²) < 4.78 is 0. The van der Waals surface area contributed by atoms with Crippen LogP contribution < -0.4 is 0 Å². The van der Waals surface area contributed by atoms with Gasteiger partial charge in [0.2, 0.25) is 0 Å². The van der Waals surface area contributed by atoms with E-state index in [0.29, 0.717) is 17.1 Å². The number of hydrogen-bond donors (Lipinski definition) is 0. The molecule has 1 aliphatic rings. The summed E-state index contributed by atoms with van der Waals surface area (Å²) in [6, 6.07) is 0. The minimum atomic E-state index is 0.292. The summed E-state index contributed by atoms with van der Waals surface area (Å²) in [7, 11) is 0. The summed E-state index contributed by atoms with van der Waals surface area (Å²) in [6.45, 7) is 6.44. The van der Waals surface area contributed by atoms with Crippen LogP contribution in [0.2, 0.25) is 0 Å². The van der Waals surface area contributed by atoms with Crippen LogP contribution in [0.3, 0.4) is 0 Å². The van der Waals surface area contributed by atoms with Gasteiger partial charge < -0.3 is 0 Å². The Morgan fingerprint density at radius 3 is 2.69 bits per heavy atom. The molecule has 1 fully saturated rings. The van der Waals surface area contributed by atoms with E-state index in [0.717, 1.165) is 12.8 Å². The highest BCUT2D eigenvalue weighted by molar-refractivity contribution is 5.91. The Bertz CT molecular complexity index is 213. The van der Waals surface area contributed by atoms with E-state index < -0.39 is 0 Å². The van der Waals surface area contributed by atoms with E-state index in [-0.39, 0.29) is 0 Å². The van der Waals surface area contributed by atoms with Crippen LogP contribution in [0.5, 0.6) is 0 Å². The first-order valence-electron chi connectivity index (χ1n) is 5.22. The zero-order chi connectivity index (χ0) is 9.90. The van der Waals surface area contributed by atoms with Crippen LogP contribution in [-0.4, -0.2) is 5.78 Å². The highest BCUT2D eigenvalue weighted by Gasteiger charge is 2.30. The summed E-state index contributed by atoms with van der Waals surface area (Å²) >= 11 is 0. The minimum absolute atomic E-state index is 0.292. The number of hydrogen-bond acceptors (Lipinski definition) is 1. The van der Waals surface area contributed by atoms with Crippen molar-refractivity contribution >= 4 is 5.78 Å². The van der Waals surface area contributed by atoms with Crippen molar-refractivity contribution in [2.75, 3.05) is 0 Å². The third-order valence-electron chi connectivity index (χ3n) is 2.94. The minimum Gasteiger partial charge on any atom is -0.295 e. The van der Waals surface area contributed by atoms with Gasteiger partial charge in [-0.1, -0.05) is 26.3 Å². The van der Waals surface area contributed by atoms with Crippen LogP contribution in [0, 0.1) is 11.3 Å². The Morgan fingerprint density at radius 1 is 1.46 bits per heavy atom. The molecule has 0 aromatic heterocycles. The summed E-state index contributed by atoms with van der Waals surface area (Å²) in [4.78, 5) is 11.6. The fourth-order valence-corrected chi connectivity index (χ4v) is 2.24. The molecule has 0 aromatic rings. The van der Waals surface area contributed by atoms with E-state index >= 15 is 0 Å². The Balaban J connectivity index is 2.56. The van der Waals surface area contributed by atoms with Crippen LogP contribution in [0.25, 0.3) is 0 Å². The molecule has 1 nitrogen and oxygen atoms in total. The molecule has 1 saturated carbocycles. The SMILES string of the molecule is C/C=C/C(=O)[C@H]1CCCC(C)(C)C1. The first-order valence-corrected chi connectivity index (χ1v) is 5.22. The third kappa shape index (κ3) is 2.98. The molecule has 0 amide bonds. The molecule has 0 aromatic carbocycles. The van der Waals surface area contributed by atoms with Crippen molar-refractivity contribution < 1.29 is 4.79 Å². The average molecular weight is 180 g/mol. The summed E-state index contributed by atoms with van der Waals surface area (Å²) in [5, 5.41) is 0. The summed E-state index contributed by atoms with van der Waals surface area (Å²) in [5.41, 5.74) is 0.375. The maximum absolute atomic E-state index is 11.6. The zero-order valence-electron chi connectivity index (χ0n) is 8.97. The molecule has 0 saturated heterocycles. The Kier molecular flexibility index (Phi) is 3.29. The van der Waals surface area contributed by atoms with Gasteiger partial charge in [0.15, 0.2) is 5.78 Å². The maximum Gasteiger partial charge on any atom is 0.158 e. The Hall–Kier alpha value is -0.590. The molecule has 0 heterocycles. The van der Waals surface area contributed by atoms with Crippen molar-refractivity contribution in [2.45, 2.75) is 46.5 Å². The van der Waals surface area contributed by atoms with Gasteiger partial charge in [-0.15, -0.1) is 0 Å². The molecule has 0 aliphatic heterocycles. The predicted octanol–water partition coefficient (Wildman–Crippen LogP) is 3.35. The number of rotatable bonds is 2. The first kappa shape index (κ1) is 10.5. The summed E-state index contributed by atoms with van der Waals surface area (Å²) in [6.07, 6.45) is 8.21. The van der Waals surface area contributed by atoms with Crippen LogP contribution in [-0.2, 0) is 4.79 Å². The lowest BCUT2D eigenvalue weighted by molar-refractivity contribution is -0.120. The first-order chi connectivity index (χ1) is 6.05. The van der Waals surface area contributed by atoms with E-state index in [1.807, 2.05) is 13.0 Å². The van der Waals surface area contributed by atoms with Gasteiger partial charge in [-0.2, -0.15) is 0 Å². The van der Waals surface area contributed by atoms with Gasteiger partial charge in [-0.3, -0.25) is 4.79 Å². The topological polar surface area (TPSA) is 17.1 Å². The zero-order valence-corrected chi connectivity index (χ0v) is 8.97. The maximum atomic E-state index is 11.6. The Labute approximate surface area is 81.2 Å². The van der Waals surface area contributed by atoms with Gasteiger partial charge in [-0.05, 0) is 37.7 Å². The fraction of sp³-hybridized carbons (Fsp3) is 0.750. The second kappa shape index (κ2) is 4.08. The molecule has 1 atom stereocenters. The standard InChI is InChI=1S/C12H20O/c1-4-6-11(13)10-7-5-8-12(2,3)9-10/h4,6,10H,5,7-9H2,1-3H3/b6-4+/t10-/m0/s1. The number of carbonyl (C=O) groups excluding carboxylic acids is 1. The number of carbonyl (C=O) groups is 1. The lowest BCUT2D eigenvalue weighted by atomic mass is 9.71. The van der Waals surface area contributed by atoms with Gasteiger partial charge in [0, 0.05) is 5.92 Å². The number of ketones is 1. The van der Waals surface area contributed by atoms with Crippen molar-refractivity contribution in [3.63, 3.8) is 0 Å². The molecule has 0 unspecified atom stereocenters. The van der Waals surface area contributed by atoms with E-state index in [2.05, 4.69) is 13.8 Å². The molecule has 1 rings (SSSR count). The molecule has 1 aliphatic carbocycles. The molecular formula is C12H20O. The molecule has 0 radical (unpaired) electrons. The fourth-order valence-electron chi connectivity index (χ4n) is 2.24. The quantitative estimate of drug-likeness (QED) is 0.596. The lowest BCUT2D eigenvalue weighted by Crippen LogP contribution is -2.26. The van der Waals surface area contributed by atoms with E-state index in [1.54, 1.807) is 6.08 Å². The van der Waals surface area contributed by atoms with Gasteiger partial charge >= 0.3 is 0 Å². The molecule has 0 N–H and O–H groups in total. The number of allylic oxidation sites excluding steroid dienone is 2. The lowest BCUT2D eigenvalue weighted by Gasteiger charge is -2.33. The molecule has 0 bridgehead atoms. The Morgan fingerprint density at radius 2 is 2.15 bits per heavy atom. The van der Waals surface area contributed by atoms with E-state index in [4.69, 9.17) is 0 Å². The molecule has 13 heavy (non-hydrogen) atoms. The van der Waals surface area contributed by atoms with Crippen LogP contribution >= 0.6 is 0 Å². The van der Waals surface area contributed by atoms with Gasteiger partial charge in [-0.25, -0.2) is 0 Å². The van der Waals surface area contributed by atoms with Crippen LogP contribution in [0.4, 0.5) is 0 Å². The highest BCUT2D eigenvalue weighted by Crippen LogP contribution is 2.38. The van der Waals surface area contributed by atoms with Crippen molar-refractivity contribution in [1.29, 1.82) is 0 Å². The largest absolute Gasteiger partial charge is 0.295 e. The predicted molar refractivity (Wildman–Crippen MR) is 55.6 cm³/mol. The second-order valence-electron chi connectivity index (χ2n) is 4.86. The smallest absolute Gasteiger partial charge is 0.158 e. The van der Waals surface area contributed by atoms with Crippen molar-refractivity contribution in [3.05, 3.63) is 12.2 Å². The van der Waals surface area contributed by atoms with Crippen molar-refractivity contribution in [1.82, 2.24) is 0 Å². The van der Waals surface area contributed by atoms with Crippen molar-refractivity contribution in [3.8, 4) is 0 Å². The van der Waals surface area contributed by atoms with E-state index in [9.17, 15) is 4.79 Å². The second-order valence-corrected chi connectivity index (χ2v) is 4.86. The van der Waals surface area contributed by atoms with Gasteiger partial charge in [0.05, 0.1) is 0 Å². The average Bonchev–Trinajstić information content (AvgIpc) is 2.03. The van der Waals surface area contributed by atoms with Crippen LogP contribution in [0.1, 0.15) is 46.5 Å². The van der Waals surface area contributed by atoms with Gasteiger partial charge in [0.1, 0.15) is 0 Å². The monoisotopic (exact) mass is 180 g/mol. The summed E-state index contributed by atoms with van der Waals surface area (Å²) in [5.74, 6) is 0.621.